The molecule has 2 atom stereocenters. The van der Waals surface area contributed by atoms with Crippen LogP contribution in [-0.4, -0.2) is 0 Å². The van der Waals surface area contributed by atoms with Crippen LogP contribution in [0.25, 0.3) is 0 Å². The van der Waals surface area contributed by atoms with E-state index < -0.39 is 0 Å². The van der Waals surface area contributed by atoms with Gasteiger partial charge < -0.3 is 0 Å². The van der Waals surface area contributed by atoms with Crippen LogP contribution in [0.1, 0.15) is 80.1 Å². The number of allylic oxidation sites excluding steroid dienone is 1. The standard InChI is InChI=1S/C19H36/c1-14(2)8-9-15(3)16(4)17-10-12-18(13-11-17)19(5,6)7/h15-18H,1,8-13H2,2-7H3. The lowest BCUT2D eigenvalue weighted by atomic mass is 9.66. The van der Waals surface area contributed by atoms with Crippen molar-refractivity contribution in [3.63, 3.8) is 0 Å². The molecule has 1 fully saturated rings. The van der Waals surface area contributed by atoms with E-state index in [9.17, 15) is 0 Å². The van der Waals surface area contributed by atoms with E-state index in [1.807, 2.05) is 0 Å². The van der Waals surface area contributed by atoms with E-state index in [0.29, 0.717) is 5.41 Å². The van der Waals surface area contributed by atoms with Gasteiger partial charge >= 0.3 is 0 Å². The highest BCUT2D eigenvalue weighted by Gasteiger charge is 2.32. The molecule has 0 amide bonds. The fourth-order valence-electron chi connectivity index (χ4n) is 3.71. The molecule has 19 heavy (non-hydrogen) atoms. The average Bonchev–Trinajstić information content (AvgIpc) is 2.34. The highest BCUT2D eigenvalue weighted by molar-refractivity contribution is 4.89. The highest BCUT2D eigenvalue weighted by atomic mass is 14.4. The average molecular weight is 264 g/mol. The Hall–Kier alpha value is -0.260. The molecule has 0 aromatic carbocycles. The van der Waals surface area contributed by atoms with Gasteiger partial charge in [-0.3, -0.25) is 0 Å². The summed E-state index contributed by atoms with van der Waals surface area (Å²) >= 11 is 0. The second-order valence-corrected chi connectivity index (χ2v) is 8.31. The van der Waals surface area contributed by atoms with Gasteiger partial charge in [0.05, 0.1) is 0 Å². The molecule has 2 unspecified atom stereocenters. The van der Waals surface area contributed by atoms with E-state index in [1.165, 1.54) is 44.1 Å². The number of hydrogen-bond acceptors (Lipinski definition) is 0. The molecular weight excluding hydrogens is 228 g/mol. The summed E-state index contributed by atoms with van der Waals surface area (Å²) in [6, 6.07) is 0. The molecule has 0 nitrogen and oxygen atoms in total. The molecule has 0 radical (unpaired) electrons. The van der Waals surface area contributed by atoms with Gasteiger partial charge in [-0.2, -0.15) is 0 Å². The zero-order valence-electron chi connectivity index (χ0n) is 14.3. The van der Waals surface area contributed by atoms with Gasteiger partial charge in [-0.25, -0.2) is 0 Å². The Morgan fingerprint density at radius 2 is 1.63 bits per heavy atom. The Bertz CT molecular complexity index is 273. The third-order valence-electron chi connectivity index (χ3n) is 5.66. The van der Waals surface area contributed by atoms with Crippen LogP contribution in [0.4, 0.5) is 0 Å². The SMILES string of the molecule is C=C(C)CCC(C)C(C)C1CCC(C(C)(C)C)CC1. The van der Waals surface area contributed by atoms with Crippen LogP contribution in [0.15, 0.2) is 12.2 Å². The molecule has 0 aromatic heterocycles. The molecule has 0 saturated heterocycles. The molecule has 0 aliphatic heterocycles. The molecule has 0 aromatic rings. The van der Waals surface area contributed by atoms with Gasteiger partial charge in [-0.1, -0.05) is 40.2 Å². The minimum Gasteiger partial charge on any atom is -0.100 e. The van der Waals surface area contributed by atoms with E-state index in [1.54, 1.807) is 0 Å². The van der Waals surface area contributed by atoms with Crippen LogP contribution >= 0.6 is 0 Å². The summed E-state index contributed by atoms with van der Waals surface area (Å²) in [4.78, 5) is 0. The van der Waals surface area contributed by atoms with Gasteiger partial charge in [-0.15, -0.1) is 6.58 Å². The van der Waals surface area contributed by atoms with Crippen molar-refractivity contribution in [1.29, 1.82) is 0 Å². The first-order chi connectivity index (χ1) is 8.71. The summed E-state index contributed by atoms with van der Waals surface area (Å²) in [5.41, 5.74) is 1.86. The summed E-state index contributed by atoms with van der Waals surface area (Å²) in [6.45, 7) is 18.4. The summed E-state index contributed by atoms with van der Waals surface area (Å²) in [5, 5.41) is 0. The van der Waals surface area contributed by atoms with Gasteiger partial charge in [0, 0.05) is 0 Å². The maximum Gasteiger partial charge on any atom is -0.0323 e. The first-order valence-corrected chi connectivity index (χ1v) is 8.36. The lowest BCUT2D eigenvalue weighted by Crippen LogP contribution is -2.29. The van der Waals surface area contributed by atoms with E-state index in [0.717, 1.165) is 23.7 Å². The van der Waals surface area contributed by atoms with Crippen LogP contribution < -0.4 is 0 Å². The molecule has 1 aliphatic carbocycles. The van der Waals surface area contributed by atoms with E-state index in [2.05, 4.69) is 48.1 Å². The molecule has 1 rings (SSSR count). The molecule has 1 saturated carbocycles. The second kappa shape index (κ2) is 6.95. The first kappa shape index (κ1) is 16.8. The second-order valence-electron chi connectivity index (χ2n) is 8.31. The molecule has 0 heterocycles. The van der Waals surface area contributed by atoms with Gasteiger partial charge in [0.15, 0.2) is 0 Å². The predicted molar refractivity (Wildman–Crippen MR) is 87.3 cm³/mol. The van der Waals surface area contributed by atoms with E-state index >= 15 is 0 Å². The van der Waals surface area contributed by atoms with Crippen molar-refractivity contribution >= 4 is 0 Å². The fourth-order valence-corrected chi connectivity index (χ4v) is 3.71. The Balaban J connectivity index is 2.40. The normalized spacial score (nSPS) is 27.9. The molecule has 112 valence electrons. The molecule has 1 aliphatic rings. The molecule has 0 bridgehead atoms. The first-order valence-electron chi connectivity index (χ1n) is 8.36. The van der Waals surface area contributed by atoms with Crippen molar-refractivity contribution in [3.8, 4) is 0 Å². The summed E-state index contributed by atoms with van der Waals surface area (Å²) in [5.74, 6) is 3.66. The van der Waals surface area contributed by atoms with Crippen LogP contribution in [0.2, 0.25) is 0 Å². The molecular formula is C19H36. The topological polar surface area (TPSA) is 0 Å². The molecule has 0 N–H and O–H groups in total. The summed E-state index contributed by atoms with van der Waals surface area (Å²) < 4.78 is 0. The van der Waals surface area contributed by atoms with Gasteiger partial charge in [-0.05, 0) is 74.5 Å². The van der Waals surface area contributed by atoms with Crippen molar-refractivity contribution in [2.24, 2.45) is 29.1 Å². The lowest BCUT2D eigenvalue weighted by molar-refractivity contribution is 0.110. The van der Waals surface area contributed by atoms with Crippen LogP contribution in [-0.2, 0) is 0 Å². The van der Waals surface area contributed by atoms with Crippen LogP contribution in [0.3, 0.4) is 0 Å². The number of hydrogen-bond donors (Lipinski definition) is 0. The highest BCUT2D eigenvalue weighted by Crippen LogP contribution is 2.43. The predicted octanol–water partition coefficient (Wildman–Crippen LogP) is 6.47. The van der Waals surface area contributed by atoms with Crippen LogP contribution in [0, 0.1) is 29.1 Å². The van der Waals surface area contributed by atoms with Gasteiger partial charge in [0.1, 0.15) is 0 Å². The third-order valence-corrected chi connectivity index (χ3v) is 5.66. The minimum absolute atomic E-state index is 0.514. The Morgan fingerprint density at radius 1 is 1.11 bits per heavy atom. The number of rotatable bonds is 5. The largest absolute Gasteiger partial charge is 0.100 e. The lowest BCUT2D eigenvalue weighted by Gasteiger charge is -2.40. The van der Waals surface area contributed by atoms with Crippen molar-refractivity contribution in [1.82, 2.24) is 0 Å². The summed E-state index contributed by atoms with van der Waals surface area (Å²) in [6.07, 6.45) is 8.36. The van der Waals surface area contributed by atoms with E-state index in [4.69, 9.17) is 0 Å². The Labute approximate surface area is 122 Å². The van der Waals surface area contributed by atoms with Crippen molar-refractivity contribution < 1.29 is 0 Å². The van der Waals surface area contributed by atoms with Gasteiger partial charge in [0.2, 0.25) is 0 Å². The maximum absolute atomic E-state index is 4.04. The van der Waals surface area contributed by atoms with Crippen molar-refractivity contribution in [3.05, 3.63) is 12.2 Å². The monoisotopic (exact) mass is 264 g/mol. The van der Waals surface area contributed by atoms with Crippen molar-refractivity contribution in [2.45, 2.75) is 80.1 Å². The Kier molecular flexibility index (Phi) is 6.15. The smallest absolute Gasteiger partial charge is 0.0323 e. The zero-order chi connectivity index (χ0) is 14.6. The minimum atomic E-state index is 0.514. The fraction of sp³-hybridized carbons (Fsp3) is 0.895. The molecule has 0 heteroatoms. The Morgan fingerprint density at radius 3 is 2.05 bits per heavy atom. The summed E-state index contributed by atoms with van der Waals surface area (Å²) in [7, 11) is 0. The van der Waals surface area contributed by atoms with Crippen LogP contribution in [0.5, 0.6) is 0 Å². The van der Waals surface area contributed by atoms with Crippen molar-refractivity contribution in [2.75, 3.05) is 0 Å². The van der Waals surface area contributed by atoms with E-state index in [-0.39, 0.29) is 0 Å². The van der Waals surface area contributed by atoms with Gasteiger partial charge in [0.25, 0.3) is 0 Å². The quantitative estimate of drug-likeness (QED) is 0.499. The maximum atomic E-state index is 4.04. The zero-order valence-corrected chi connectivity index (χ0v) is 14.3. The third kappa shape index (κ3) is 5.32. The molecule has 0 spiro atoms.